The van der Waals surface area contributed by atoms with Crippen molar-refractivity contribution in [2.75, 3.05) is 7.11 Å². The van der Waals surface area contributed by atoms with Gasteiger partial charge in [0, 0.05) is 22.7 Å². The molecule has 0 spiro atoms. The average molecular weight is 762 g/mol. The highest BCUT2D eigenvalue weighted by Crippen LogP contribution is 2.41. The number of halogens is 2. The third-order valence-electron chi connectivity index (χ3n) is 8.14. The first kappa shape index (κ1) is 30.4. The molecule has 2 aliphatic rings. The molecule has 0 bridgehead atoms. The lowest BCUT2D eigenvalue weighted by atomic mass is 9.83. The number of thiazole rings is 1. The van der Waals surface area contributed by atoms with E-state index in [0.717, 1.165) is 49.9 Å². The molecule has 1 aliphatic heterocycles. The molecule has 46 heavy (non-hydrogen) atoms. The van der Waals surface area contributed by atoms with Crippen LogP contribution < -0.4 is 24.4 Å². The van der Waals surface area contributed by atoms with E-state index >= 15 is 0 Å². The van der Waals surface area contributed by atoms with Gasteiger partial charge in [-0.15, -0.1) is 0 Å². The molecule has 230 valence electrons. The van der Waals surface area contributed by atoms with Crippen molar-refractivity contribution in [3.05, 3.63) is 157 Å². The zero-order chi connectivity index (χ0) is 31.9. The fraction of sp³-hybridized carbons (Fsp3) is 0.143. The molecule has 0 amide bonds. The van der Waals surface area contributed by atoms with Crippen LogP contribution in [0.2, 0.25) is 5.02 Å². The van der Waals surface area contributed by atoms with Crippen LogP contribution in [0, 0.1) is 13.7 Å². The Morgan fingerprint density at radius 3 is 2.59 bits per heavy atom. The Kier molecular flexibility index (Phi) is 8.26. The third-order valence-corrected chi connectivity index (χ3v) is 10.2. The second-order valence-corrected chi connectivity index (χ2v) is 13.5. The van der Waals surface area contributed by atoms with Crippen molar-refractivity contribution in [3.8, 4) is 11.5 Å². The second kappa shape index (κ2) is 12.5. The summed E-state index contributed by atoms with van der Waals surface area (Å²) in [6.45, 7) is 0.209. The van der Waals surface area contributed by atoms with Crippen molar-refractivity contribution in [1.82, 2.24) is 4.57 Å². The van der Waals surface area contributed by atoms with Gasteiger partial charge in [-0.25, -0.2) is 4.99 Å². The number of fused-ring (bicyclic) bond motifs is 3. The summed E-state index contributed by atoms with van der Waals surface area (Å²) in [7, 11) is 1.57. The number of nitro benzene ring substituents is 1. The fourth-order valence-corrected chi connectivity index (χ4v) is 7.86. The Hall–Kier alpha value is -4.26. The van der Waals surface area contributed by atoms with E-state index in [0.29, 0.717) is 25.9 Å². The quantitative estimate of drug-likeness (QED) is 0.101. The van der Waals surface area contributed by atoms with E-state index in [1.165, 1.54) is 29.0 Å². The van der Waals surface area contributed by atoms with Crippen LogP contribution in [0.25, 0.3) is 11.8 Å². The van der Waals surface area contributed by atoms with E-state index in [1.54, 1.807) is 19.2 Å². The number of hydrogen-bond donors (Lipinski definition) is 0. The molecule has 0 radical (unpaired) electrons. The van der Waals surface area contributed by atoms with Gasteiger partial charge in [-0.2, -0.15) is 0 Å². The van der Waals surface area contributed by atoms with Crippen LogP contribution in [-0.4, -0.2) is 16.6 Å². The Labute approximate surface area is 286 Å². The maximum absolute atomic E-state index is 14.2. The van der Waals surface area contributed by atoms with Crippen molar-refractivity contribution in [2.24, 2.45) is 4.99 Å². The highest BCUT2D eigenvalue weighted by atomic mass is 127. The number of hydrogen-bond acceptors (Lipinski definition) is 7. The van der Waals surface area contributed by atoms with Crippen LogP contribution in [0.3, 0.4) is 0 Å². The molecule has 0 fully saturated rings. The summed E-state index contributed by atoms with van der Waals surface area (Å²) < 4.78 is 14.9. The monoisotopic (exact) mass is 761 g/mol. The van der Waals surface area contributed by atoms with Crippen molar-refractivity contribution in [3.63, 3.8) is 0 Å². The summed E-state index contributed by atoms with van der Waals surface area (Å²) in [5.41, 5.74) is 6.92. The Morgan fingerprint density at radius 1 is 1.09 bits per heavy atom. The molecule has 0 unspecified atom stereocenters. The minimum atomic E-state index is -0.433. The third kappa shape index (κ3) is 5.65. The van der Waals surface area contributed by atoms with E-state index in [9.17, 15) is 14.9 Å². The number of nitrogens with zero attached hydrogens (tertiary/aromatic N) is 3. The number of rotatable bonds is 7. The van der Waals surface area contributed by atoms with Gasteiger partial charge in [0.25, 0.3) is 11.2 Å². The predicted molar refractivity (Wildman–Crippen MR) is 187 cm³/mol. The highest BCUT2D eigenvalue weighted by molar-refractivity contribution is 14.1. The summed E-state index contributed by atoms with van der Waals surface area (Å²) in [5.74, 6) is 1.06. The summed E-state index contributed by atoms with van der Waals surface area (Å²) in [6, 6.07) is 25.8. The molecule has 0 N–H and O–H groups in total. The van der Waals surface area contributed by atoms with Crippen molar-refractivity contribution >= 4 is 63.0 Å². The van der Waals surface area contributed by atoms with Crippen molar-refractivity contribution in [2.45, 2.75) is 25.5 Å². The summed E-state index contributed by atoms with van der Waals surface area (Å²) in [4.78, 5) is 30.4. The fourth-order valence-electron chi connectivity index (χ4n) is 5.95. The smallest absolute Gasteiger partial charge is 0.271 e. The molecule has 0 saturated carbocycles. The number of aromatic nitrogens is 1. The Balaban J connectivity index is 1.28. The molecule has 11 heteroatoms. The first-order valence-electron chi connectivity index (χ1n) is 14.4. The van der Waals surface area contributed by atoms with Gasteiger partial charge in [0.15, 0.2) is 16.3 Å². The highest BCUT2D eigenvalue weighted by Gasteiger charge is 2.32. The summed E-state index contributed by atoms with van der Waals surface area (Å²) in [5, 5.41) is 11.6. The number of aryl methyl sites for hydroxylation is 1. The van der Waals surface area contributed by atoms with Gasteiger partial charge in [-0.3, -0.25) is 19.5 Å². The van der Waals surface area contributed by atoms with E-state index in [-0.39, 0.29) is 23.9 Å². The predicted octanol–water partition coefficient (Wildman–Crippen LogP) is 7.07. The van der Waals surface area contributed by atoms with Gasteiger partial charge in [-0.1, -0.05) is 59.3 Å². The standard InChI is InChI=1S/C35H25ClIN3O5S/c1-44-29-17-21(16-28(37)33(29)45-19-20-6-13-25(14-7-20)40(42)43)18-30-34(41)39-32(23-8-11-24(36)12-9-23)27-15-10-22-4-2-3-5-26(22)31(27)38-35(39)46-30/h2-9,11-14,16-18,32H,10,15,19H2,1H3/b30-18-/t32-/m1/s1. The molecule has 5 aromatic rings. The molecule has 8 nitrogen and oxygen atoms in total. The minimum Gasteiger partial charge on any atom is -0.493 e. The van der Waals surface area contributed by atoms with Crippen LogP contribution in [0.1, 0.15) is 40.3 Å². The van der Waals surface area contributed by atoms with Crippen molar-refractivity contribution < 1.29 is 14.4 Å². The number of ether oxygens (including phenoxy) is 2. The van der Waals surface area contributed by atoms with Gasteiger partial charge in [0.2, 0.25) is 0 Å². The van der Waals surface area contributed by atoms with Crippen LogP contribution in [0.15, 0.2) is 100 Å². The van der Waals surface area contributed by atoms with Gasteiger partial charge >= 0.3 is 0 Å². The molecular weight excluding hydrogens is 737 g/mol. The lowest BCUT2D eigenvalue weighted by Crippen LogP contribution is -2.38. The molecular formula is C35H25ClIN3O5S. The second-order valence-electron chi connectivity index (χ2n) is 10.9. The van der Waals surface area contributed by atoms with Crippen molar-refractivity contribution in [1.29, 1.82) is 0 Å². The maximum Gasteiger partial charge on any atom is 0.271 e. The molecule has 1 aromatic heterocycles. The van der Waals surface area contributed by atoms with Crippen LogP contribution in [-0.2, 0) is 13.0 Å². The molecule has 1 atom stereocenters. The molecule has 0 saturated heterocycles. The first-order valence-corrected chi connectivity index (χ1v) is 16.7. The van der Waals surface area contributed by atoms with Crippen LogP contribution in [0.4, 0.5) is 5.69 Å². The number of nitro groups is 1. The summed E-state index contributed by atoms with van der Waals surface area (Å²) >= 11 is 9.81. The number of allylic oxidation sites excluding steroid dienone is 1. The van der Waals surface area contributed by atoms with Gasteiger partial charge in [-0.05, 0) is 106 Å². The molecule has 7 rings (SSSR count). The van der Waals surface area contributed by atoms with E-state index in [1.807, 2.05) is 53.1 Å². The zero-order valence-electron chi connectivity index (χ0n) is 24.4. The van der Waals surface area contributed by atoms with E-state index in [4.69, 9.17) is 26.1 Å². The Morgan fingerprint density at radius 2 is 1.85 bits per heavy atom. The molecule has 1 aliphatic carbocycles. The lowest BCUT2D eigenvalue weighted by molar-refractivity contribution is -0.384. The Bertz CT molecular complexity index is 2230. The van der Waals surface area contributed by atoms with Gasteiger partial charge in [0.1, 0.15) is 6.61 Å². The average Bonchev–Trinajstić information content (AvgIpc) is 3.37. The summed E-state index contributed by atoms with van der Waals surface area (Å²) in [6.07, 6.45) is 3.56. The number of non-ortho nitro benzene ring substituents is 1. The number of benzene rings is 4. The topological polar surface area (TPSA) is 96.0 Å². The van der Waals surface area contributed by atoms with Gasteiger partial charge < -0.3 is 9.47 Å². The van der Waals surface area contributed by atoms with Crippen LogP contribution in [0.5, 0.6) is 11.5 Å². The lowest BCUT2D eigenvalue weighted by Gasteiger charge is -2.30. The maximum atomic E-state index is 14.2. The first-order chi connectivity index (χ1) is 22.3. The molecule has 2 heterocycles. The normalized spacial score (nSPS) is 15.5. The SMILES string of the molecule is COc1cc(/C=c2\sc3n(c2=O)[C@H](c2ccc(Cl)cc2)C2=C(N=3)c3ccccc3CC2)cc(I)c1OCc1ccc([N+](=O)[O-])cc1. The van der Waals surface area contributed by atoms with E-state index in [2.05, 4.69) is 40.8 Å². The molecule has 4 aromatic carbocycles. The number of methoxy groups -OCH3 is 1. The van der Waals surface area contributed by atoms with Gasteiger partial charge in [0.05, 0.1) is 31.9 Å². The zero-order valence-corrected chi connectivity index (χ0v) is 28.1. The van der Waals surface area contributed by atoms with E-state index < -0.39 is 4.92 Å². The van der Waals surface area contributed by atoms with Crippen LogP contribution >= 0.6 is 45.5 Å². The largest absolute Gasteiger partial charge is 0.493 e. The minimum absolute atomic E-state index is 0.0232.